The Hall–Kier alpha value is -2.74. The molecule has 8 heteroatoms. The van der Waals surface area contributed by atoms with Crippen molar-refractivity contribution in [3.63, 3.8) is 0 Å². The van der Waals surface area contributed by atoms with Crippen molar-refractivity contribution in [3.05, 3.63) is 57.5 Å². The second-order valence-electron chi connectivity index (χ2n) is 3.86. The number of nitro benzene ring substituents is 1. The predicted molar refractivity (Wildman–Crippen MR) is 65.0 cm³/mol. The summed E-state index contributed by atoms with van der Waals surface area (Å²) < 4.78 is 9.19. The van der Waals surface area contributed by atoms with Crippen molar-refractivity contribution in [1.29, 1.82) is 0 Å². The number of aliphatic hydroxyl groups is 1. The van der Waals surface area contributed by atoms with Gasteiger partial charge >= 0.3 is 5.97 Å². The number of hydrogen-bond acceptors (Lipinski definition) is 7. The van der Waals surface area contributed by atoms with Crippen LogP contribution in [-0.4, -0.2) is 28.3 Å². The molecule has 20 heavy (non-hydrogen) atoms. The van der Waals surface area contributed by atoms with E-state index in [1.807, 2.05) is 0 Å². The van der Waals surface area contributed by atoms with Crippen molar-refractivity contribution < 1.29 is 24.1 Å². The summed E-state index contributed by atoms with van der Waals surface area (Å²) in [6.07, 6.45) is -0.181. The smallest absolute Gasteiger partial charge is 0.343 e. The van der Waals surface area contributed by atoms with E-state index in [1.165, 1.54) is 31.4 Å². The number of esters is 1. The highest BCUT2D eigenvalue weighted by atomic mass is 16.6. The van der Waals surface area contributed by atoms with Crippen LogP contribution < -0.4 is 0 Å². The SMILES string of the molecule is COC(=O)c1conc1[C@H](O)c1ccc([N+](=O)[O-])cc1. The Bertz CT molecular complexity index is 634. The van der Waals surface area contributed by atoms with E-state index < -0.39 is 17.0 Å². The first-order chi connectivity index (χ1) is 9.54. The number of non-ortho nitro benzene ring substituents is 1. The van der Waals surface area contributed by atoms with Gasteiger partial charge in [0, 0.05) is 12.1 Å². The lowest BCUT2D eigenvalue weighted by atomic mass is 10.0. The van der Waals surface area contributed by atoms with Gasteiger partial charge in [-0.1, -0.05) is 5.16 Å². The number of nitro groups is 1. The minimum atomic E-state index is -1.25. The van der Waals surface area contributed by atoms with E-state index in [2.05, 4.69) is 14.4 Å². The Morgan fingerprint density at radius 1 is 1.45 bits per heavy atom. The molecule has 1 N–H and O–H groups in total. The van der Waals surface area contributed by atoms with Gasteiger partial charge in [-0.15, -0.1) is 0 Å². The zero-order chi connectivity index (χ0) is 14.7. The Morgan fingerprint density at radius 3 is 2.65 bits per heavy atom. The summed E-state index contributed by atoms with van der Waals surface area (Å²) in [4.78, 5) is 21.5. The number of methoxy groups -OCH3 is 1. The van der Waals surface area contributed by atoms with Crippen molar-refractivity contribution in [2.45, 2.75) is 6.10 Å². The summed E-state index contributed by atoms with van der Waals surface area (Å²) in [6, 6.07) is 5.24. The second-order valence-corrected chi connectivity index (χ2v) is 3.86. The van der Waals surface area contributed by atoms with E-state index in [0.717, 1.165) is 6.26 Å². The van der Waals surface area contributed by atoms with Crippen molar-refractivity contribution in [2.24, 2.45) is 0 Å². The van der Waals surface area contributed by atoms with Crippen LogP contribution in [0.4, 0.5) is 5.69 Å². The Morgan fingerprint density at radius 2 is 2.10 bits per heavy atom. The number of rotatable bonds is 4. The van der Waals surface area contributed by atoms with Gasteiger partial charge in [-0.25, -0.2) is 4.79 Å². The summed E-state index contributed by atoms with van der Waals surface area (Å²) in [6.45, 7) is 0. The van der Waals surface area contributed by atoms with Crippen molar-refractivity contribution in [2.75, 3.05) is 7.11 Å². The molecule has 0 fully saturated rings. The zero-order valence-corrected chi connectivity index (χ0v) is 10.3. The molecule has 0 radical (unpaired) electrons. The molecule has 0 bridgehead atoms. The highest BCUT2D eigenvalue weighted by Gasteiger charge is 2.24. The maximum Gasteiger partial charge on any atom is 0.343 e. The highest BCUT2D eigenvalue weighted by Crippen LogP contribution is 2.25. The Labute approximate surface area is 112 Å². The molecule has 0 spiro atoms. The van der Waals surface area contributed by atoms with Crippen LogP contribution in [0.15, 0.2) is 35.1 Å². The number of aromatic nitrogens is 1. The molecule has 2 aromatic rings. The number of carbonyl (C=O) groups is 1. The van der Waals surface area contributed by atoms with Gasteiger partial charge in [0.25, 0.3) is 5.69 Å². The molecule has 2 rings (SSSR count). The molecule has 0 aliphatic rings. The molecule has 0 aliphatic heterocycles. The second kappa shape index (κ2) is 5.49. The van der Waals surface area contributed by atoms with E-state index in [-0.39, 0.29) is 16.9 Å². The quantitative estimate of drug-likeness (QED) is 0.511. The number of aliphatic hydroxyl groups excluding tert-OH is 1. The van der Waals surface area contributed by atoms with Crippen molar-refractivity contribution in [3.8, 4) is 0 Å². The third-order valence-electron chi connectivity index (χ3n) is 2.68. The third kappa shape index (κ3) is 2.50. The van der Waals surface area contributed by atoms with E-state index in [0.29, 0.717) is 5.56 Å². The fraction of sp³-hybridized carbons (Fsp3) is 0.167. The lowest BCUT2D eigenvalue weighted by Gasteiger charge is -2.08. The molecule has 0 unspecified atom stereocenters. The molecular formula is C12H10N2O6. The maximum absolute atomic E-state index is 11.5. The van der Waals surface area contributed by atoms with Crippen LogP contribution in [-0.2, 0) is 4.74 Å². The van der Waals surface area contributed by atoms with Gasteiger partial charge in [-0.05, 0) is 17.7 Å². The van der Waals surface area contributed by atoms with Crippen LogP contribution in [0.3, 0.4) is 0 Å². The number of carbonyl (C=O) groups excluding carboxylic acids is 1. The molecule has 8 nitrogen and oxygen atoms in total. The number of benzene rings is 1. The number of nitrogens with zero attached hydrogens (tertiary/aromatic N) is 2. The third-order valence-corrected chi connectivity index (χ3v) is 2.68. The van der Waals surface area contributed by atoms with E-state index in [4.69, 9.17) is 0 Å². The highest BCUT2D eigenvalue weighted by molar-refractivity contribution is 5.90. The van der Waals surface area contributed by atoms with Gasteiger partial charge in [0.1, 0.15) is 23.6 Å². The van der Waals surface area contributed by atoms with E-state index in [9.17, 15) is 20.0 Å². The topological polar surface area (TPSA) is 116 Å². The first-order valence-electron chi connectivity index (χ1n) is 5.49. The first-order valence-corrected chi connectivity index (χ1v) is 5.49. The zero-order valence-electron chi connectivity index (χ0n) is 10.3. The van der Waals surface area contributed by atoms with E-state index in [1.54, 1.807) is 0 Å². The summed E-state index contributed by atoms with van der Waals surface area (Å²) in [5, 5.41) is 24.2. The standard InChI is InChI=1S/C12H10N2O6/c1-19-12(16)9-6-20-13-10(9)11(15)7-2-4-8(5-3-7)14(17)18/h2-6,11,15H,1H3/t11-/m1/s1. The summed E-state index contributed by atoms with van der Waals surface area (Å²) in [7, 11) is 1.19. The molecule has 1 heterocycles. The lowest BCUT2D eigenvalue weighted by Crippen LogP contribution is -2.09. The minimum absolute atomic E-state index is 0.00153. The van der Waals surface area contributed by atoms with E-state index >= 15 is 0 Å². The van der Waals surface area contributed by atoms with Crippen molar-refractivity contribution in [1.82, 2.24) is 5.16 Å². The lowest BCUT2D eigenvalue weighted by molar-refractivity contribution is -0.384. The summed E-state index contributed by atoms with van der Waals surface area (Å²) in [5.41, 5.74) is 0.230. The average Bonchev–Trinajstić information content (AvgIpc) is 2.95. The first kappa shape index (κ1) is 13.7. The van der Waals surface area contributed by atoms with Gasteiger partial charge in [0.15, 0.2) is 0 Å². The Kier molecular flexibility index (Phi) is 3.76. The van der Waals surface area contributed by atoms with Crippen LogP contribution in [0.1, 0.15) is 27.7 Å². The van der Waals surface area contributed by atoms with Crippen LogP contribution in [0, 0.1) is 10.1 Å². The summed E-state index contributed by atoms with van der Waals surface area (Å²) >= 11 is 0. The molecule has 0 amide bonds. The molecule has 0 saturated heterocycles. The predicted octanol–water partition coefficient (Wildman–Crippen LogP) is 1.45. The monoisotopic (exact) mass is 278 g/mol. The fourth-order valence-electron chi connectivity index (χ4n) is 1.64. The van der Waals surface area contributed by atoms with Crippen molar-refractivity contribution >= 4 is 11.7 Å². The largest absolute Gasteiger partial charge is 0.465 e. The van der Waals surface area contributed by atoms with Crippen LogP contribution in [0.25, 0.3) is 0 Å². The van der Waals surface area contributed by atoms with Gasteiger partial charge in [-0.2, -0.15) is 0 Å². The molecule has 1 atom stereocenters. The van der Waals surface area contributed by atoms with Gasteiger partial charge in [-0.3, -0.25) is 10.1 Å². The molecule has 0 saturated carbocycles. The number of hydrogen-bond donors (Lipinski definition) is 1. The maximum atomic E-state index is 11.5. The average molecular weight is 278 g/mol. The minimum Gasteiger partial charge on any atom is -0.465 e. The van der Waals surface area contributed by atoms with Gasteiger partial charge in [0.2, 0.25) is 0 Å². The normalized spacial score (nSPS) is 11.9. The summed E-state index contributed by atoms with van der Waals surface area (Å²) in [5.74, 6) is -0.692. The van der Waals surface area contributed by atoms with Gasteiger partial charge < -0.3 is 14.4 Å². The molecule has 1 aromatic heterocycles. The molecule has 1 aromatic carbocycles. The fourth-order valence-corrected chi connectivity index (χ4v) is 1.64. The molecule has 0 aliphatic carbocycles. The van der Waals surface area contributed by atoms with Crippen LogP contribution in [0.2, 0.25) is 0 Å². The van der Waals surface area contributed by atoms with Crippen LogP contribution >= 0.6 is 0 Å². The Balaban J connectivity index is 2.31. The van der Waals surface area contributed by atoms with Gasteiger partial charge in [0.05, 0.1) is 12.0 Å². The molecule has 104 valence electrons. The van der Waals surface area contributed by atoms with Crippen LogP contribution in [0.5, 0.6) is 0 Å². The number of ether oxygens (including phenoxy) is 1. The molecular weight excluding hydrogens is 268 g/mol.